The Bertz CT molecular complexity index is 561. The summed E-state index contributed by atoms with van der Waals surface area (Å²) in [6, 6.07) is 3.70. The number of nitrogens with one attached hydrogen (secondary N) is 1. The van der Waals surface area contributed by atoms with Gasteiger partial charge in [-0.3, -0.25) is 4.78 Å². The molecule has 0 spiro atoms. The number of pyridine rings is 1. The first-order chi connectivity index (χ1) is 8.04. The molecule has 1 N–H and O–H groups in total. The van der Waals surface area contributed by atoms with Gasteiger partial charge in [0.2, 0.25) is 0 Å². The van der Waals surface area contributed by atoms with E-state index in [0.29, 0.717) is 0 Å². The van der Waals surface area contributed by atoms with Crippen LogP contribution in [0.15, 0.2) is 42.8 Å². The molecule has 5 heteroatoms. The summed E-state index contributed by atoms with van der Waals surface area (Å²) in [6.07, 6.45) is 11.1. The van der Waals surface area contributed by atoms with Crippen LogP contribution in [0.2, 0.25) is 0 Å². The van der Waals surface area contributed by atoms with Crippen molar-refractivity contribution in [3.8, 4) is 0 Å². The van der Waals surface area contributed by atoms with Crippen molar-refractivity contribution in [2.45, 2.75) is 5.75 Å². The number of hydrogen-bond acceptors (Lipinski definition) is 4. The summed E-state index contributed by atoms with van der Waals surface area (Å²) >= 11 is 0. The lowest BCUT2D eigenvalue weighted by atomic mass is 10.2. The van der Waals surface area contributed by atoms with Gasteiger partial charge in [-0.25, -0.2) is 9.19 Å². The van der Waals surface area contributed by atoms with E-state index < -0.39 is 9.73 Å². The predicted molar refractivity (Wildman–Crippen MR) is 70.4 cm³/mol. The van der Waals surface area contributed by atoms with Crippen LogP contribution in [0, 0.1) is 4.78 Å². The second-order valence-electron chi connectivity index (χ2n) is 4.09. The summed E-state index contributed by atoms with van der Waals surface area (Å²) in [4.78, 5) is 6.28. The Hall–Kier alpha value is -1.62. The highest BCUT2D eigenvalue weighted by molar-refractivity contribution is 7.90. The van der Waals surface area contributed by atoms with Gasteiger partial charge in [0.05, 0.1) is 5.75 Å². The molecule has 1 aliphatic rings. The molecule has 0 amide bonds. The monoisotopic (exact) mass is 249 g/mol. The summed E-state index contributed by atoms with van der Waals surface area (Å²) in [5.74, 6) is 1.10. The van der Waals surface area contributed by atoms with Gasteiger partial charge in [-0.05, 0) is 23.8 Å². The molecule has 0 saturated carbocycles. The second-order valence-corrected chi connectivity index (χ2v) is 6.39. The molecular formula is C12H15N3OS. The summed E-state index contributed by atoms with van der Waals surface area (Å²) in [5.41, 5.74) is 0.889. The number of nitrogens with zero attached hydrogens (tertiary/aromatic N) is 2. The van der Waals surface area contributed by atoms with Crippen LogP contribution in [-0.2, 0) is 15.5 Å². The van der Waals surface area contributed by atoms with Crippen LogP contribution in [-0.4, -0.2) is 22.0 Å². The zero-order chi connectivity index (χ0) is 12.3. The molecule has 17 heavy (non-hydrogen) atoms. The maximum absolute atomic E-state index is 11.5. The zero-order valence-corrected chi connectivity index (χ0v) is 10.5. The first-order valence-electron chi connectivity index (χ1n) is 5.31. The van der Waals surface area contributed by atoms with Gasteiger partial charge >= 0.3 is 0 Å². The average Bonchev–Trinajstić information content (AvgIpc) is 2.28. The van der Waals surface area contributed by atoms with E-state index in [-0.39, 0.29) is 5.75 Å². The first-order valence-corrected chi connectivity index (χ1v) is 7.44. The molecule has 90 valence electrons. The molecule has 0 aromatic carbocycles. The minimum Gasteiger partial charge on any atom is -0.329 e. The van der Waals surface area contributed by atoms with Gasteiger partial charge in [0.25, 0.3) is 0 Å². The van der Waals surface area contributed by atoms with Crippen LogP contribution in [0.5, 0.6) is 0 Å². The fraction of sp³-hybridized carbons (Fsp3) is 0.250. The molecule has 4 nitrogen and oxygen atoms in total. The summed E-state index contributed by atoms with van der Waals surface area (Å²) in [7, 11) is -2.50. The van der Waals surface area contributed by atoms with Crippen molar-refractivity contribution in [2.24, 2.45) is 0 Å². The Balaban J connectivity index is 2.22. The van der Waals surface area contributed by atoms with E-state index in [9.17, 15) is 4.21 Å². The molecule has 0 fully saturated rings. The van der Waals surface area contributed by atoms with Crippen molar-refractivity contribution in [3.63, 3.8) is 0 Å². The lowest BCUT2D eigenvalue weighted by Crippen LogP contribution is -2.18. The van der Waals surface area contributed by atoms with E-state index in [4.69, 9.17) is 4.78 Å². The maximum atomic E-state index is 11.5. The fourth-order valence-corrected chi connectivity index (χ4v) is 2.48. The van der Waals surface area contributed by atoms with Crippen molar-refractivity contribution < 1.29 is 4.21 Å². The number of aromatic nitrogens is 1. The van der Waals surface area contributed by atoms with Crippen molar-refractivity contribution in [3.05, 3.63) is 48.3 Å². The SMILES string of the molecule is CS(=N)(=O)Cc1ccnc(N2C=CC=CC2)c1. The summed E-state index contributed by atoms with van der Waals surface area (Å²) in [5, 5.41) is 0. The number of rotatable bonds is 3. The lowest BCUT2D eigenvalue weighted by Gasteiger charge is -2.19. The zero-order valence-electron chi connectivity index (χ0n) is 9.67. The average molecular weight is 249 g/mol. The molecule has 1 atom stereocenters. The lowest BCUT2D eigenvalue weighted by molar-refractivity contribution is 0.678. The summed E-state index contributed by atoms with van der Waals surface area (Å²) in [6.45, 7) is 0.787. The van der Waals surface area contributed by atoms with Gasteiger partial charge in [0, 0.05) is 34.9 Å². The minimum absolute atomic E-state index is 0.274. The van der Waals surface area contributed by atoms with Gasteiger partial charge in [-0.2, -0.15) is 0 Å². The smallest absolute Gasteiger partial charge is 0.133 e. The molecule has 1 aliphatic heterocycles. The van der Waals surface area contributed by atoms with Crippen molar-refractivity contribution in [2.75, 3.05) is 17.7 Å². The van der Waals surface area contributed by atoms with E-state index in [2.05, 4.69) is 4.98 Å². The van der Waals surface area contributed by atoms with Crippen LogP contribution in [0.1, 0.15) is 5.56 Å². The summed E-state index contributed by atoms with van der Waals surface area (Å²) < 4.78 is 18.9. The topological polar surface area (TPSA) is 57.1 Å². The van der Waals surface area contributed by atoms with Gasteiger partial charge in [0.1, 0.15) is 5.82 Å². The molecule has 0 bridgehead atoms. The van der Waals surface area contributed by atoms with E-state index in [1.165, 1.54) is 6.26 Å². The maximum Gasteiger partial charge on any atom is 0.133 e. The Kier molecular flexibility index (Phi) is 3.28. The predicted octanol–water partition coefficient (Wildman–Crippen LogP) is 2.15. The molecule has 1 unspecified atom stereocenters. The van der Waals surface area contributed by atoms with Crippen LogP contribution in [0.25, 0.3) is 0 Å². The number of hydrogen-bond donors (Lipinski definition) is 1. The van der Waals surface area contributed by atoms with Crippen LogP contribution in [0.4, 0.5) is 5.82 Å². The minimum atomic E-state index is -2.50. The standard InChI is InChI=1S/C12H15N3OS/c1-17(13,16)10-11-5-6-14-12(9-11)15-7-3-2-4-8-15/h2-7,9,13H,8,10H2,1H3. The molecule has 0 aliphatic carbocycles. The van der Waals surface area contributed by atoms with Crippen LogP contribution < -0.4 is 4.90 Å². The number of anilines is 1. The van der Waals surface area contributed by atoms with E-state index >= 15 is 0 Å². The van der Waals surface area contributed by atoms with Crippen molar-refractivity contribution in [1.29, 1.82) is 4.78 Å². The number of allylic oxidation sites excluding steroid dienone is 2. The van der Waals surface area contributed by atoms with E-state index in [0.717, 1.165) is 17.9 Å². The molecule has 2 rings (SSSR count). The third kappa shape index (κ3) is 3.42. The van der Waals surface area contributed by atoms with Gasteiger partial charge in [-0.1, -0.05) is 12.2 Å². The van der Waals surface area contributed by atoms with E-state index in [1.54, 1.807) is 6.20 Å². The highest BCUT2D eigenvalue weighted by Crippen LogP contribution is 2.16. The third-order valence-corrected chi connectivity index (χ3v) is 3.25. The van der Waals surface area contributed by atoms with Crippen LogP contribution >= 0.6 is 0 Å². The van der Waals surface area contributed by atoms with Gasteiger partial charge in [0.15, 0.2) is 0 Å². The normalized spacial score (nSPS) is 18.1. The van der Waals surface area contributed by atoms with Crippen molar-refractivity contribution in [1.82, 2.24) is 4.98 Å². The Labute approximate surface area is 102 Å². The van der Waals surface area contributed by atoms with Crippen LogP contribution in [0.3, 0.4) is 0 Å². The first kappa shape index (κ1) is 11.9. The highest BCUT2D eigenvalue weighted by atomic mass is 32.2. The Morgan fingerprint density at radius 1 is 1.53 bits per heavy atom. The highest BCUT2D eigenvalue weighted by Gasteiger charge is 2.07. The Morgan fingerprint density at radius 3 is 3.00 bits per heavy atom. The fourth-order valence-electron chi connectivity index (χ4n) is 1.66. The molecular weight excluding hydrogens is 234 g/mol. The quantitative estimate of drug-likeness (QED) is 0.893. The molecule has 2 heterocycles. The van der Waals surface area contributed by atoms with Gasteiger partial charge < -0.3 is 4.90 Å². The third-order valence-electron chi connectivity index (χ3n) is 2.36. The molecule has 0 saturated heterocycles. The molecule has 1 aromatic rings. The second kappa shape index (κ2) is 4.71. The molecule has 1 aromatic heterocycles. The Morgan fingerprint density at radius 2 is 2.35 bits per heavy atom. The van der Waals surface area contributed by atoms with Crippen molar-refractivity contribution >= 4 is 15.5 Å². The van der Waals surface area contributed by atoms with E-state index in [1.807, 2.05) is 41.5 Å². The largest absolute Gasteiger partial charge is 0.329 e. The molecule has 0 radical (unpaired) electrons. The van der Waals surface area contributed by atoms with Gasteiger partial charge in [-0.15, -0.1) is 0 Å².